The van der Waals surface area contributed by atoms with E-state index >= 15 is 0 Å². The van der Waals surface area contributed by atoms with E-state index in [1.54, 1.807) is 0 Å². The normalized spacial score (nSPS) is 27.5. The van der Waals surface area contributed by atoms with Gasteiger partial charge in [0, 0.05) is 6.04 Å². The van der Waals surface area contributed by atoms with Gasteiger partial charge in [0.25, 0.3) is 0 Å². The lowest BCUT2D eigenvalue weighted by molar-refractivity contribution is 0.182. The standard InChI is InChI=1S/C8H16N2O2.ClH/c9-5-6-1-3-7(4-2-6)10-8(11)12;/h6-7,10H,1-5,9H2,(H,11,12);1H/t6-,7-;. The molecule has 0 atom stereocenters. The van der Waals surface area contributed by atoms with Crippen LogP contribution in [0.15, 0.2) is 0 Å². The Balaban J connectivity index is 0.00000144. The third-order valence-corrected chi connectivity index (χ3v) is 2.51. The molecule has 0 aromatic carbocycles. The average Bonchev–Trinajstić information content (AvgIpc) is 2.05. The summed E-state index contributed by atoms with van der Waals surface area (Å²) >= 11 is 0. The second kappa shape index (κ2) is 6.05. The van der Waals surface area contributed by atoms with E-state index in [0.29, 0.717) is 5.92 Å². The molecular weight excluding hydrogens is 192 g/mol. The Morgan fingerprint density at radius 2 is 1.92 bits per heavy atom. The van der Waals surface area contributed by atoms with Gasteiger partial charge in [0.2, 0.25) is 0 Å². The van der Waals surface area contributed by atoms with Crippen molar-refractivity contribution in [1.29, 1.82) is 0 Å². The molecule has 1 amide bonds. The van der Waals surface area contributed by atoms with E-state index < -0.39 is 6.09 Å². The van der Waals surface area contributed by atoms with E-state index in [4.69, 9.17) is 10.8 Å². The van der Waals surface area contributed by atoms with Crippen molar-refractivity contribution in [1.82, 2.24) is 5.32 Å². The zero-order valence-electron chi connectivity index (χ0n) is 7.53. The van der Waals surface area contributed by atoms with Crippen molar-refractivity contribution >= 4 is 18.5 Å². The monoisotopic (exact) mass is 208 g/mol. The third kappa shape index (κ3) is 4.33. The molecule has 1 fully saturated rings. The highest BCUT2D eigenvalue weighted by atomic mass is 35.5. The summed E-state index contributed by atoms with van der Waals surface area (Å²) in [7, 11) is 0. The molecule has 0 aliphatic heterocycles. The lowest BCUT2D eigenvalue weighted by atomic mass is 9.86. The third-order valence-electron chi connectivity index (χ3n) is 2.51. The van der Waals surface area contributed by atoms with Gasteiger partial charge in [0.15, 0.2) is 0 Å². The molecule has 0 spiro atoms. The van der Waals surface area contributed by atoms with Crippen LogP contribution in [0.4, 0.5) is 4.79 Å². The number of carbonyl (C=O) groups is 1. The summed E-state index contributed by atoms with van der Waals surface area (Å²) in [5.41, 5.74) is 5.51. The number of nitrogens with one attached hydrogen (secondary N) is 1. The van der Waals surface area contributed by atoms with Crippen LogP contribution in [0.3, 0.4) is 0 Å². The van der Waals surface area contributed by atoms with E-state index in [1.165, 1.54) is 0 Å². The van der Waals surface area contributed by atoms with Gasteiger partial charge in [-0.25, -0.2) is 4.79 Å². The minimum absolute atomic E-state index is 0. The number of rotatable bonds is 2. The summed E-state index contributed by atoms with van der Waals surface area (Å²) in [5.74, 6) is 0.608. The van der Waals surface area contributed by atoms with Gasteiger partial charge >= 0.3 is 6.09 Å². The molecule has 0 aromatic rings. The largest absolute Gasteiger partial charge is 0.465 e. The van der Waals surface area contributed by atoms with Gasteiger partial charge in [0.1, 0.15) is 0 Å². The topological polar surface area (TPSA) is 75.3 Å². The van der Waals surface area contributed by atoms with Crippen molar-refractivity contribution in [2.24, 2.45) is 11.7 Å². The minimum Gasteiger partial charge on any atom is -0.465 e. The van der Waals surface area contributed by atoms with Crippen LogP contribution in [0, 0.1) is 5.92 Å². The maximum Gasteiger partial charge on any atom is 0.404 e. The van der Waals surface area contributed by atoms with Crippen LogP contribution >= 0.6 is 12.4 Å². The second-order valence-corrected chi connectivity index (χ2v) is 3.40. The molecule has 1 saturated carbocycles. The van der Waals surface area contributed by atoms with Gasteiger partial charge in [-0.05, 0) is 38.1 Å². The van der Waals surface area contributed by atoms with Gasteiger partial charge in [-0.15, -0.1) is 12.4 Å². The molecule has 0 aromatic heterocycles. The predicted molar refractivity (Wildman–Crippen MR) is 53.2 cm³/mol. The smallest absolute Gasteiger partial charge is 0.404 e. The molecule has 0 unspecified atom stereocenters. The molecule has 0 radical (unpaired) electrons. The van der Waals surface area contributed by atoms with Crippen molar-refractivity contribution in [3.05, 3.63) is 0 Å². The average molecular weight is 209 g/mol. The van der Waals surface area contributed by atoms with Crippen molar-refractivity contribution < 1.29 is 9.90 Å². The second-order valence-electron chi connectivity index (χ2n) is 3.40. The number of halogens is 1. The summed E-state index contributed by atoms with van der Waals surface area (Å²) in [6, 6.07) is 0.158. The Morgan fingerprint density at radius 1 is 1.38 bits per heavy atom. The van der Waals surface area contributed by atoms with Crippen LogP contribution in [0.1, 0.15) is 25.7 Å². The molecular formula is C8H17ClN2O2. The molecule has 1 rings (SSSR count). The van der Waals surface area contributed by atoms with E-state index in [9.17, 15) is 4.79 Å². The Bertz CT molecular complexity index is 158. The van der Waals surface area contributed by atoms with Crippen LogP contribution in [0.25, 0.3) is 0 Å². The molecule has 78 valence electrons. The van der Waals surface area contributed by atoms with Crippen molar-refractivity contribution in [2.45, 2.75) is 31.7 Å². The molecule has 1 aliphatic carbocycles. The fourth-order valence-corrected chi connectivity index (χ4v) is 1.72. The van der Waals surface area contributed by atoms with E-state index in [-0.39, 0.29) is 18.4 Å². The fraction of sp³-hybridized carbons (Fsp3) is 0.875. The molecule has 0 bridgehead atoms. The van der Waals surface area contributed by atoms with Gasteiger partial charge in [-0.3, -0.25) is 0 Å². The number of amides is 1. The SMILES string of the molecule is Cl.NC[C@H]1CC[C@H](NC(=O)O)CC1. The summed E-state index contributed by atoms with van der Waals surface area (Å²) < 4.78 is 0. The first kappa shape index (κ1) is 12.5. The summed E-state index contributed by atoms with van der Waals surface area (Å²) in [4.78, 5) is 10.3. The Morgan fingerprint density at radius 3 is 2.31 bits per heavy atom. The number of carboxylic acid groups (broad SMARTS) is 1. The lowest BCUT2D eigenvalue weighted by Gasteiger charge is -2.27. The number of nitrogens with two attached hydrogens (primary N) is 1. The van der Waals surface area contributed by atoms with Gasteiger partial charge in [-0.1, -0.05) is 0 Å². The van der Waals surface area contributed by atoms with Gasteiger partial charge < -0.3 is 16.2 Å². The molecule has 5 heteroatoms. The molecule has 13 heavy (non-hydrogen) atoms. The highest BCUT2D eigenvalue weighted by molar-refractivity contribution is 5.85. The van der Waals surface area contributed by atoms with Crippen LogP contribution in [0.5, 0.6) is 0 Å². The predicted octanol–water partition coefficient (Wildman–Crippen LogP) is 1.19. The molecule has 4 N–H and O–H groups in total. The summed E-state index contributed by atoms with van der Waals surface area (Å²) in [6.07, 6.45) is 3.08. The maximum absolute atomic E-state index is 10.3. The molecule has 4 nitrogen and oxygen atoms in total. The van der Waals surface area contributed by atoms with Crippen LogP contribution in [0.2, 0.25) is 0 Å². The summed E-state index contributed by atoms with van der Waals surface area (Å²) in [6.45, 7) is 0.736. The van der Waals surface area contributed by atoms with Crippen molar-refractivity contribution in [2.75, 3.05) is 6.54 Å². The van der Waals surface area contributed by atoms with Gasteiger partial charge in [-0.2, -0.15) is 0 Å². The molecule has 1 aliphatic rings. The zero-order chi connectivity index (χ0) is 8.97. The Kier molecular flexibility index (Phi) is 5.82. The highest BCUT2D eigenvalue weighted by Crippen LogP contribution is 2.22. The molecule has 0 heterocycles. The summed E-state index contributed by atoms with van der Waals surface area (Å²) in [5, 5.41) is 11.0. The Hall–Kier alpha value is -0.480. The lowest BCUT2D eigenvalue weighted by Crippen LogP contribution is -2.37. The highest BCUT2D eigenvalue weighted by Gasteiger charge is 2.20. The van der Waals surface area contributed by atoms with E-state index in [2.05, 4.69) is 5.32 Å². The van der Waals surface area contributed by atoms with E-state index in [0.717, 1.165) is 32.2 Å². The fourth-order valence-electron chi connectivity index (χ4n) is 1.72. The van der Waals surface area contributed by atoms with Crippen LogP contribution in [-0.4, -0.2) is 23.8 Å². The quantitative estimate of drug-likeness (QED) is 0.638. The zero-order valence-corrected chi connectivity index (χ0v) is 8.35. The van der Waals surface area contributed by atoms with Gasteiger partial charge in [0.05, 0.1) is 0 Å². The first-order valence-electron chi connectivity index (χ1n) is 4.42. The molecule has 0 saturated heterocycles. The first-order valence-corrected chi connectivity index (χ1v) is 4.42. The number of hydrogen-bond acceptors (Lipinski definition) is 2. The maximum atomic E-state index is 10.3. The van der Waals surface area contributed by atoms with Crippen molar-refractivity contribution in [3.63, 3.8) is 0 Å². The Labute approximate surface area is 84.3 Å². The minimum atomic E-state index is -0.911. The van der Waals surface area contributed by atoms with Crippen LogP contribution in [-0.2, 0) is 0 Å². The van der Waals surface area contributed by atoms with Crippen LogP contribution < -0.4 is 11.1 Å². The van der Waals surface area contributed by atoms with E-state index in [1.807, 2.05) is 0 Å². The first-order chi connectivity index (χ1) is 5.72. The van der Waals surface area contributed by atoms with Crippen molar-refractivity contribution in [3.8, 4) is 0 Å². The number of hydrogen-bond donors (Lipinski definition) is 3.